The Morgan fingerprint density at radius 2 is 1.73 bits per heavy atom. The van der Waals surface area contributed by atoms with E-state index in [1.807, 2.05) is 6.92 Å². The third kappa shape index (κ3) is 1.94. The van der Waals surface area contributed by atoms with Gasteiger partial charge in [0.15, 0.2) is 0 Å². The molecule has 1 unspecified atom stereocenters. The smallest absolute Gasteiger partial charge is 0.0501 e. The van der Waals surface area contributed by atoms with Crippen LogP contribution in [-0.2, 0) is 0 Å². The Labute approximate surface area is 69.8 Å². The molecule has 0 rings (SSSR count). The Hall–Kier alpha value is -0.0800. The van der Waals surface area contributed by atoms with Crippen LogP contribution in [0.3, 0.4) is 0 Å². The summed E-state index contributed by atoms with van der Waals surface area (Å²) in [5.74, 6) is 0. The highest BCUT2D eigenvalue weighted by Gasteiger charge is 2.37. The van der Waals surface area contributed by atoms with E-state index in [0.29, 0.717) is 6.54 Å². The number of rotatable bonds is 4. The normalized spacial score (nSPS) is 18.0. The molecule has 0 bridgehead atoms. The number of aliphatic hydroxyl groups is 1. The van der Waals surface area contributed by atoms with Gasteiger partial charge in [0, 0.05) is 12.0 Å². The molecule has 0 aromatic carbocycles. The zero-order chi connectivity index (χ0) is 9.12. The van der Waals surface area contributed by atoms with Crippen LogP contribution in [0.1, 0.15) is 34.1 Å². The summed E-state index contributed by atoms with van der Waals surface area (Å²) in [6, 6.07) is 0. The largest absolute Gasteiger partial charge is 0.396 e. The second kappa shape index (κ2) is 3.55. The second-order valence-electron chi connectivity index (χ2n) is 4.16. The average molecular weight is 159 g/mol. The van der Waals surface area contributed by atoms with Gasteiger partial charge in [-0.2, -0.15) is 0 Å². The van der Waals surface area contributed by atoms with Gasteiger partial charge < -0.3 is 10.8 Å². The summed E-state index contributed by atoms with van der Waals surface area (Å²) in [5, 5.41) is 9.17. The van der Waals surface area contributed by atoms with Crippen molar-refractivity contribution in [2.75, 3.05) is 13.2 Å². The van der Waals surface area contributed by atoms with Gasteiger partial charge in [-0.15, -0.1) is 0 Å². The Kier molecular flexibility index (Phi) is 3.52. The minimum absolute atomic E-state index is 0.122. The highest BCUT2D eigenvalue weighted by Crippen LogP contribution is 2.39. The van der Waals surface area contributed by atoms with Crippen LogP contribution in [0, 0.1) is 10.8 Å². The molecule has 0 aliphatic heterocycles. The fraction of sp³-hybridized carbons (Fsp3) is 1.00. The molecule has 0 aliphatic rings. The van der Waals surface area contributed by atoms with Crippen molar-refractivity contribution < 1.29 is 5.11 Å². The highest BCUT2D eigenvalue weighted by atomic mass is 16.3. The maximum absolute atomic E-state index is 9.17. The first kappa shape index (κ1) is 10.9. The van der Waals surface area contributed by atoms with Gasteiger partial charge in [0.1, 0.15) is 0 Å². The predicted molar refractivity (Wildman–Crippen MR) is 48.3 cm³/mol. The summed E-state index contributed by atoms with van der Waals surface area (Å²) in [6.07, 6.45) is 1.04. The molecule has 0 aromatic heterocycles. The Morgan fingerprint density at radius 3 is 1.82 bits per heavy atom. The van der Waals surface area contributed by atoms with Crippen molar-refractivity contribution in [2.24, 2.45) is 16.6 Å². The van der Waals surface area contributed by atoms with E-state index in [4.69, 9.17) is 5.73 Å². The Morgan fingerprint density at radius 1 is 1.27 bits per heavy atom. The van der Waals surface area contributed by atoms with Gasteiger partial charge in [-0.25, -0.2) is 0 Å². The van der Waals surface area contributed by atoms with E-state index in [1.54, 1.807) is 0 Å². The maximum Gasteiger partial charge on any atom is 0.0501 e. The molecule has 0 aromatic rings. The number of hydrogen-bond donors (Lipinski definition) is 2. The van der Waals surface area contributed by atoms with Crippen LogP contribution in [-0.4, -0.2) is 18.3 Å². The van der Waals surface area contributed by atoms with E-state index >= 15 is 0 Å². The van der Waals surface area contributed by atoms with Crippen molar-refractivity contribution in [3.8, 4) is 0 Å². The lowest BCUT2D eigenvalue weighted by atomic mass is 9.66. The van der Waals surface area contributed by atoms with Crippen molar-refractivity contribution in [1.82, 2.24) is 0 Å². The van der Waals surface area contributed by atoms with Gasteiger partial charge in [-0.05, 0) is 5.41 Å². The van der Waals surface area contributed by atoms with Crippen molar-refractivity contribution in [1.29, 1.82) is 0 Å². The zero-order valence-electron chi connectivity index (χ0n) is 8.15. The quantitative estimate of drug-likeness (QED) is 0.651. The first-order chi connectivity index (χ1) is 4.93. The summed E-state index contributed by atoms with van der Waals surface area (Å²) >= 11 is 0. The van der Waals surface area contributed by atoms with Crippen molar-refractivity contribution in [3.05, 3.63) is 0 Å². The molecule has 1 atom stereocenters. The van der Waals surface area contributed by atoms with Gasteiger partial charge in [0.05, 0.1) is 6.61 Å². The zero-order valence-corrected chi connectivity index (χ0v) is 8.15. The van der Waals surface area contributed by atoms with Crippen molar-refractivity contribution >= 4 is 0 Å². The van der Waals surface area contributed by atoms with E-state index in [-0.39, 0.29) is 17.4 Å². The van der Waals surface area contributed by atoms with Gasteiger partial charge in [0.25, 0.3) is 0 Å². The standard InChI is InChI=1S/C9H21NO/c1-5-8(2,3)9(4,6-10)7-11/h11H,5-7,10H2,1-4H3. The van der Waals surface area contributed by atoms with Crippen LogP contribution in [0.4, 0.5) is 0 Å². The summed E-state index contributed by atoms with van der Waals surface area (Å²) in [4.78, 5) is 0. The molecule has 2 nitrogen and oxygen atoms in total. The van der Waals surface area contributed by atoms with Crippen LogP contribution >= 0.6 is 0 Å². The molecule has 11 heavy (non-hydrogen) atoms. The van der Waals surface area contributed by atoms with E-state index in [2.05, 4.69) is 20.8 Å². The molecule has 2 heteroatoms. The molecule has 3 N–H and O–H groups in total. The van der Waals surface area contributed by atoms with Gasteiger partial charge >= 0.3 is 0 Å². The van der Waals surface area contributed by atoms with Gasteiger partial charge in [-0.3, -0.25) is 0 Å². The first-order valence-corrected chi connectivity index (χ1v) is 4.24. The summed E-state index contributed by atoms with van der Waals surface area (Å²) in [7, 11) is 0. The molecule has 68 valence electrons. The molecule has 0 spiro atoms. The predicted octanol–water partition coefficient (Wildman–Crippen LogP) is 1.38. The molecular weight excluding hydrogens is 138 g/mol. The van der Waals surface area contributed by atoms with E-state index < -0.39 is 0 Å². The fourth-order valence-electron chi connectivity index (χ4n) is 0.982. The topological polar surface area (TPSA) is 46.2 Å². The molecule has 0 heterocycles. The van der Waals surface area contributed by atoms with Crippen molar-refractivity contribution in [3.63, 3.8) is 0 Å². The molecule has 0 aliphatic carbocycles. The molecule has 0 radical (unpaired) electrons. The number of aliphatic hydroxyl groups excluding tert-OH is 1. The first-order valence-electron chi connectivity index (χ1n) is 4.24. The van der Waals surface area contributed by atoms with Crippen molar-refractivity contribution in [2.45, 2.75) is 34.1 Å². The van der Waals surface area contributed by atoms with Crippen LogP contribution in [0.2, 0.25) is 0 Å². The lowest BCUT2D eigenvalue weighted by molar-refractivity contribution is 0.0249. The fourth-order valence-corrected chi connectivity index (χ4v) is 0.982. The second-order valence-corrected chi connectivity index (χ2v) is 4.16. The van der Waals surface area contributed by atoms with Crippen LogP contribution < -0.4 is 5.73 Å². The van der Waals surface area contributed by atoms with Crippen LogP contribution in [0.25, 0.3) is 0 Å². The SMILES string of the molecule is CCC(C)(C)C(C)(CN)CO. The third-order valence-electron chi connectivity index (χ3n) is 3.32. The molecule has 0 saturated heterocycles. The van der Waals surface area contributed by atoms with E-state index in [0.717, 1.165) is 6.42 Å². The molecule has 0 amide bonds. The van der Waals surface area contributed by atoms with Crippen LogP contribution in [0.15, 0.2) is 0 Å². The van der Waals surface area contributed by atoms with E-state index in [1.165, 1.54) is 0 Å². The molecular formula is C9H21NO. The molecule has 0 saturated carbocycles. The average Bonchev–Trinajstić information content (AvgIpc) is 2.02. The lowest BCUT2D eigenvalue weighted by Crippen LogP contribution is -2.44. The van der Waals surface area contributed by atoms with Gasteiger partial charge in [-0.1, -0.05) is 34.1 Å². The monoisotopic (exact) mass is 159 g/mol. The summed E-state index contributed by atoms with van der Waals surface area (Å²) in [6.45, 7) is 9.18. The van der Waals surface area contributed by atoms with Gasteiger partial charge in [0.2, 0.25) is 0 Å². The molecule has 0 fully saturated rings. The lowest BCUT2D eigenvalue weighted by Gasteiger charge is -2.41. The van der Waals surface area contributed by atoms with E-state index in [9.17, 15) is 5.11 Å². The third-order valence-corrected chi connectivity index (χ3v) is 3.32. The maximum atomic E-state index is 9.17. The number of hydrogen-bond acceptors (Lipinski definition) is 2. The minimum atomic E-state index is -0.137. The minimum Gasteiger partial charge on any atom is -0.396 e. The Bertz CT molecular complexity index is 117. The summed E-state index contributed by atoms with van der Waals surface area (Å²) in [5.41, 5.74) is 5.60. The Balaban J connectivity index is 4.47. The highest BCUT2D eigenvalue weighted by molar-refractivity contribution is 4.88. The number of nitrogens with two attached hydrogens (primary N) is 1. The van der Waals surface area contributed by atoms with Crippen LogP contribution in [0.5, 0.6) is 0 Å². The summed E-state index contributed by atoms with van der Waals surface area (Å²) < 4.78 is 0.